The van der Waals surface area contributed by atoms with Crippen LogP contribution < -0.4 is 16.1 Å². The zero-order chi connectivity index (χ0) is 27.7. The number of hydrazone groups is 1. The van der Waals surface area contributed by atoms with E-state index in [4.69, 9.17) is 4.74 Å². The number of ketones is 2. The van der Waals surface area contributed by atoms with E-state index in [-0.39, 0.29) is 22.6 Å². The Hall–Kier alpha value is -4.87. The number of amides is 2. The van der Waals surface area contributed by atoms with Crippen LogP contribution in [0.1, 0.15) is 41.5 Å². The smallest absolute Gasteiger partial charge is 0.340 e. The molecule has 0 heterocycles. The van der Waals surface area contributed by atoms with Gasteiger partial charge in [-0.3, -0.25) is 24.6 Å². The summed E-state index contributed by atoms with van der Waals surface area (Å²) in [6.07, 6.45) is 0. The summed E-state index contributed by atoms with van der Waals surface area (Å²) in [6, 6.07) is 9.88. The fourth-order valence-corrected chi connectivity index (χ4v) is 2.84. The number of methoxy groups -OCH3 is 2. The molecule has 0 spiro atoms. The summed E-state index contributed by atoms with van der Waals surface area (Å²) < 4.78 is 9.37. The Labute approximate surface area is 212 Å². The molecule has 2 rings (SSSR count). The van der Waals surface area contributed by atoms with Crippen molar-refractivity contribution in [2.24, 2.45) is 11.0 Å². The maximum atomic E-state index is 12.7. The fraction of sp³-hybridized carbons (Fsp3) is 0.240. The van der Waals surface area contributed by atoms with Gasteiger partial charge in [0.1, 0.15) is 5.78 Å². The molecule has 0 fully saturated rings. The van der Waals surface area contributed by atoms with Crippen LogP contribution in [0.3, 0.4) is 0 Å². The summed E-state index contributed by atoms with van der Waals surface area (Å²) in [4.78, 5) is 72.1. The quantitative estimate of drug-likeness (QED) is 0.188. The first-order valence-corrected chi connectivity index (χ1v) is 10.9. The summed E-state index contributed by atoms with van der Waals surface area (Å²) in [5.74, 6) is -4.52. The molecule has 0 bridgehead atoms. The third-order valence-electron chi connectivity index (χ3n) is 5.10. The van der Waals surface area contributed by atoms with Gasteiger partial charge in [0, 0.05) is 18.3 Å². The molecule has 1 unspecified atom stereocenters. The topological polar surface area (TPSA) is 169 Å². The molecule has 0 aliphatic rings. The van der Waals surface area contributed by atoms with Crippen LogP contribution in [0.5, 0.6) is 0 Å². The minimum absolute atomic E-state index is 0.000981. The monoisotopic (exact) mass is 510 g/mol. The van der Waals surface area contributed by atoms with Gasteiger partial charge in [0.05, 0.1) is 37.0 Å². The van der Waals surface area contributed by atoms with Crippen LogP contribution in [-0.2, 0) is 28.7 Å². The summed E-state index contributed by atoms with van der Waals surface area (Å²) in [7, 11) is 2.35. The highest BCUT2D eigenvalue weighted by atomic mass is 16.5. The zero-order valence-corrected chi connectivity index (χ0v) is 20.8. The lowest BCUT2D eigenvalue weighted by molar-refractivity contribution is -0.129. The molecule has 12 heteroatoms. The maximum Gasteiger partial charge on any atom is 0.340 e. The minimum atomic E-state index is -0.856. The summed E-state index contributed by atoms with van der Waals surface area (Å²) in [5.41, 5.74) is 2.73. The molecule has 3 N–H and O–H groups in total. The van der Waals surface area contributed by atoms with Crippen LogP contribution in [0.2, 0.25) is 0 Å². The van der Waals surface area contributed by atoms with Crippen molar-refractivity contribution in [1.82, 2.24) is 0 Å². The van der Waals surface area contributed by atoms with E-state index in [0.717, 1.165) is 6.92 Å². The van der Waals surface area contributed by atoms with E-state index in [9.17, 15) is 28.8 Å². The van der Waals surface area contributed by atoms with Crippen molar-refractivity contribution in [2.45, 2.75) is 20.8 Å². The molecule has 0 aliphatic carbocycles. The lowest BCUT2D eigenvalue weighted by Gasteiger charge is -2.11. The number of ether oxygens (including phenoxy) is 2. The third kappa shape index (κ3) is 7.56. The van der Waals surface area contributed by atoms with E-state index in [1.54, 1.807) is 0 Å². The molecule has 0 aliphatic heterocycles. The number of benzene rings is 2. The van der Waals surface area contributed by atoms with E-state index in [2.05, 4.69) is 25.9 Å². The first-order valence-electron chi connectivity index (χ1n) is 10.9. The van der Waals surface area contributed by atoms with Gasteiger partial charge in [0.15, 0.2) is 11.5 Å². The predicted molar refractivity (Wildman–Crippen MR) is 134 cm³/mol. The fourth-order valence-electron chi connectivity index (χ4n) is 2.84. The Morgan fingerprint density at radius 3 is 1.89 bits per heavy atom. The van der Waals surface area contributed by atoms with E-state index < -0.39 is 41.2 Å². The second-order valence-electron chi connectivity index (χ2n) is 7.72. The van der Waals surface area contributed by atoms with Crippen LogP contribution in [0.25, 0.3) is 0 Å². The van der Waals surface area contributed by atoms with Gasteiger partial charge in [-0.05, 0) is 56.3 Å². The van der Waals surface area contributed by atoms with E-state index in [0.29, 0.717) is 11.4 Å². The number of esters is 2. The van der Waals surface area contributed by atoms with Gasteiger partial charge in [0.25, 0.3) is 5.91 Å². The van der Waals surface area contributed by atoms with Gasteiger partial charge >= 0.3 is 11.9 Å². The van der Waals surface area contributed by atoms with Crippen molar-refractivity contribution in [2.75, 3.05) is 30.3 Å². The molecule has 2 aromatic carbocycles. The lowest BCUT2D eigenvalue weighted by Crippen LogP contribution is -2.29. The molecule has 37 heavy (non-hydrogen) atoms. The SMILES string of the molecule is COC(=O)c1ccc(C(=O)OC)c(N/N=C(/C(C)=O)C(=O)Nc2ccc(NC(=O)C(C)C(C)=O)cc2)c1. The van der Waals surface area contributed by atoms with Crippen LogP contribution >= 0.6 is 0 Å². The average molecular weight is 511 g/mol. The molecule has 194 valence electrons. The van der Waals surface area contributed by atoms with Gasteiger partial charge in [-0.15, -0.1) is 0 Å². The number of hydrogen-bond donors (Lipinski definition) is 3. The van der Waals surface area contributed by atoms with Gasteiger partial charge in [-0.25, -0.2) is 9.59 Å². The van der Waals surface area contributed by atoms with E-state index in [1.807, 2.05) is 0 Å². The number of hydrogen-bond acceptors (Lipinski definition) is 10. The molecule has 2 aromatic rings. The van der Waals surface area contributed by atoms with Crippen LogP contribution in [-0.4, -0.2) is 55.3 Å². The standard InChI is InChI=1S/C25H26N4O8/c1-13(14(2)30)22(32)26-17-7-9-18(10-8-17)27-23(33)21(15(3)31)29-28-20-12-16(24(34)36-4)6-11-19(20)25(35)37-5/h6-13,28H,1-5H3,(H,26,32)(H,27,33)/b29-21-. The highest BCUT2D eigenvalue weighted by Crippen LogP contribution is 2.20. The van der Waals surface area contributed by atoms with Crippen molar-refractivity contribution in [3.63, 3.8) is 0 Å². The number of nitrogens with one attached hydrogen (secondary N) is 3. The Bertz CT molecular complexity index is 1270. The Kier molecular flexibility index (Phi) is 9.75. The van der Waals surface area contributed by atoms with Crippen molar-refractivity contribution in [3.05, 3.63) is 53.6 Å². The maximum absolute atomic E-state index is 12.7. The van der Waals surface area contributed by atoms with Crippen molar-refractivity contribution < 1.29 is 38.2 Å². The van der Waals surface area contributed by atoms with Gasteiger partial charge < -0.3 is 20.1 Å². The second-order valence-corrected chi connectivity index (χ2v) is 7.72. The van der Waals surface area contributed by atoms with Gasteiger partial charge in [-0.1, -0.05) is 0 Å². The Balaban J connectivity index is 2.23. The van der Waals surface area contributed by atoms with E-state index in [1.165, 1.54) is 70.5 Å². The third-order valence-corrected chi connectivity index (χ3v) is 5.10. The second kappa shape index (κ2) is 12.7. The molecular formula is C25H26N4O8. The minimum Gasteiger partial charge on any atom is -0.465 e. The largest absolute Gasteiger partial charge is 0.465 e. The number of Topliss-reactive ketones (excluding diaryl/α,β-unsaturated/α-hetero) is 2. The van der Waals surface area contributed by atoms with Crippen molar-refractivity contribution in [3.8, 4) is 0 Å². The highest BCUT2D eigenvalue weighted by Gasteiger charge is 2.20. The number of carbonyl (C=O) groups excluding carboxylic acids is 6. The Morgan fingerprint density at radius 2 is 1.38 bits per heavy atom. The highest BCUT2D eigenvalue weighted by molar-refractivity contribution is 6.67. The van der Waals surface area contributed by atoms with Gasteiger partial charge in [0.2, 0.25) is 5.91 Å². The molecule has 0 radical (unpaired) electrons. The Morgan fingerprint density at radius 1 is 0.811 bits per heavy atom. The summed E-state index contributed by atoms with van der Waals surface area (Å²) in [5, 5.41) is 8.94. The lowest BCUT2D eigenvalue weighted by atomic mass is 10.1. The average Bonchev–Trinajstić information content (AvgIpc) is 2.88. The van der Waals surface area contributed by atoms with Crippen LogP contribution in [0, 0.1) is 5.92 Å². The molecular weight excluding hydrogens is 484 g/mol. The molecule has 12 nitrogen and oxygen atoms in total. The normalized spacial score (nSPS) is 11.5. The number of anilines is 3. The summed E-state index contributed by atoms with van der Waals surface area (Å²) in [6.45, 7) is 3.93. The first kappa shape index (κ1) is 28.4. The molecule has 0 saturated heterocycles. The summed E-state index contributed by atoms with van der Waals surface area (Å²) >= 11 is 0. The van der Waals surface area contributed by atoms with E-state index >= 15 is 0 Å². The van der Waals surface area contributed by atoms with Crippen molar-refractivity contribution in [1.29, 1.82) is 0 Å². The molecule has 1 atom stereocenters. The molecule has 2 amide bonds. The van der Waals surface area contributed by atoms with Crippen LogP contribution in [0.4, 0.5) is 17.1 Å². The zero-order valence-electron chi connectivity index (χ0n) is 20.8. The molecule has 0 saturated carbocycles. The van der Waals surface area contributed by atoms with Crippen molar-refractivity contribution >= 4 is 58.1 Å². The first-order chi connectivity index (χ1) is 17.5. The number of rotatable bonds is 10. The molecule has 0 aromatic heterocycles. The number of nitrogens with zero attached hydrogens (tertiary/aromatic N) is 1. The number of carbonyl (C=O) groups is 6. The predicted octanol–water partition coefficient (Wildman–Crippen LogP) is 2.42. The van der Waals surface area contributed by atoms with Gasteiger partial charge in [-0.2, -0.15) is 5.10 Å². The van der Waals surface area contributed by atoms with Crippen LogP contribution in [0.15, 0.2) is 47.6 Å².